The molecule has 0 radical (unpaired) electrons. The Hall–Kier alpha value is -0.770. The summed E-state index contributed by atoms with van der Waals surface area (Å²) in [6, 6.07) is 0.520. The van der Waals surface area contributed by atoms with Crippen molar-refractivity contribution in [1.29, 1.82) is 0 Å². The Morgan fingerprint density at radius 1 is 1.53 bits per heavy atom. The van der Waals surface area contributed by atoms with Crippen LogP contribution < -0.4 is 5.73 Å². The van der Waals surface area contributed by atoms with E-state index >= 15 is 0 Å². The Morgan fingerprint density at radius 3 is 2.47 bits per heavy atom. The molecule has 4 nitrogen and oxygen atoms in total. The minimum absolute atomic E-state index is 0.0793. The van der Waals surface area contributed by atoms with Crippen molar-refractivity contribution in [3.05, 3.63) is 0 Å². The third-order valence-corrected chi connectivity index (χ3v) is 3.07. The molecule has 1 rings (SSSR count). The highest BCUT2D eigenvalue weighted by atomic mass is 16.4. The van der Waals surface area contributed by atoms with Gasteiger partial charge in [-0.3, -0.25) is 4.90 Å². The Bertz CT molecular complexity index is 224. The van der Waals surface area contributed by atoms with Crippen LogP contribution in [-0.4, -0.2) is 34.6 Å². The van der Waals surface area contributed by atoms with Gasteiger partial charge in [-0.1, -0.05) is 12.1 Å². The molecular weight excluding hydrogens is 190 g/mol. The van der Waals surface area contributed by atoms with E-state index in [2.05, 4.69) is 30.8 Å². The van der Waals surface area contributed by atoms with Gasteiger partial charge in [0.2, 0.25) is 0 Å². The lowest BCUT2D eigenvalue weighted by Crippen LogP contribution is -2.48. The Balaban J connectivity index is 2.65. The van der Waals surface area contributed by atoms with Gasteiger partial charge < -0.3 is 10.9 Å². The maximum Gasteiger partial charge on any atom is 0.156 e. The molecule has 0 aliphatic heterocycles. The summed E-state index contributed by atoms with van der Waals surface area (Å²) >= 11 is 0. The van der Waals surface area contributed by atoms with Crippen molar-refractivity contribution in [2.45, 2.75) is 52.1 Å². The van der Waals surface area contributed by atoms with E-state index in [1.807, 2.05) is 0 Å². The smallest absolute Gasteiger partial charge is 0.156 e. The average Bonchev–Trinajstić information content (AvgIpc) is 3.00. The van der Waals surface area contributed by atoms with Crippen molar-refractivity contribution in [1.82, 2.24) is 4.90 Å². The molecule has 1 aliphatic carbocycles. The lowest BCUT2D eigenvalue weighted by atomic mass is 10.1. The van der Waals surface area contributed by atoms with Crippen molar-refractivity contribution >= 4 is 5.84 Å². The normalized spacial score (nSPS) is 19.9. The van der Waals surface area contributed by atoms with E-state index in [1.54, 1.807) is 0 Å². The Labute approximate surface area is 92.1 Å². The molecule has 1 fully saturated rings. The van der Waals surface area contributed by atoms with Crippen molar-refractivity contribution in [3.8, 4) is 0 Å². The highest BCUT2D eigenvalue weighted by Crippen LogP contribution is 2.31. The highest BCUT2D eigenvalue weighted by Gasteiger charge is 2.30. The summed E-state index contributed by atoms with van der Waals surface area (Å²) in [5.41, 5.74) is 5.72. The van der Waals surface area contributed by atoms with Crippen LogP contribution in [0.4, 0.5) is 0 Å². The minimum atomic E-state index is 0.0793. The monoisotopic (exact) mass is 213 g/mol. The van der Waals surface area contributed by atoms with Gasteiger partial charge in [-0.25, -0.2) is 0 Å². The molecule has 0 amide bonds. The van der Waals surface area contributed by atoms with Crippen molar-refractivity contribution < 1.29 is 5.21 Å². The molecule has 88 valence electrons. The fourth-order valence-corrected chi connectivity index (χ4v) is 1.98. The summed E-state index contributed by atoms with van der Waals surface area (Å²) in [6.07, 6.45) is 3.55. The lowest BCUT2D eigenvalue weighted by Gasteiger charge is -2.33. The number of rotatable bonds is 6. The number of oxime groups is 1. The van der Waals surface area contributed by atoms with Gasteiger partial charge in [-0.2, -0.15) is 0 Å². The van der Waals surface area contributed by atoms with Gasteiger partial charge in [0.1, 0.15) is 0 Å². The minimum Gasteiger partial charge on any atom is -0.409 e. The fraction of sp³-hybridized carbons (Fsp3) is 0.909. The van der Waals surface area contributed by atoms with Crippen molar-refractivity contribution in [2.75, 3.05) is 6.54 Å². The van der Waals surface area contributed by atoms with E-state index in [1.165, 1.54) is 12.8 Å². The van der Waals surface area contributed by atoms with Gasteiger partial charge in [-0.05, 0) is 39.0 Å². The molecule has 0 saturated heterocycles. The van der Waals surface area contributed by atoms with Gasteiger partial charge in [0.05, 0.1) is 6.04 Å². The van der Waals surface area contributed by atoms with Crippen LogP contribution in [-0.2, 0) is 0 Å². The van der Waals surface area contributed by atoms with Crippen LogP contribution >= 0.6 is 0 Å². The first-order chi connectivity index (χ1) is 7.10. The van der Waals surface area contributed by atoms with Gasteiger partial charge >= 0.3 is 0 Å². The van der Waals surface area contributed by atoms with E-state index in [0.717, 1.165) is 18.9 Å². The van der Waals surface area contributed by atoms with Crippen LogP contribution in [0.5, 0.6) is 0 Å². The number of amidine groups is 1. The van der Waals surface area contributed by atoms with Crippen LogP contribution in [0, 0.1) is 5.92 Å². The van der Waals surface area contributed by atoms with E-state index < -0.39 is 0 Å². The zero-order valence-electron chi connectivity index (χ0n) is 9.98. The number of hydrogen-bond acceptors (Lipinski definition) is 3. The van der Waals surface area contributed by atoms with Crippen LogP contribution in [0.2, 0.25) is 0 Å². The quantitative estimate of drug-likeness (QED) is 0.305. The summed E-state index contributed by atoms with van der Waals surface area (Å²) in [6.45, 7) is 7.47. The molecule has 1 atom stereocenters. The first-order valence-corrected chi connectivity index (χ1v) is 5.83. The van der Waals surface area contributed by atoms with Crippen LogP contribution in [0.15, 0.2) is 5.16 Å². The largest absolute Gasteiger partial charge is 0.409 e. The third-order valence-electron chi connectivity index (χ3n) is 3.07. The van der Waals surface area contributed by atoms with Crippen LogP contribution in [0.25, 0.3) is 0 Å². The fourth-order valence-electron chi connectivity index (χ4n) is 1.98. The zero-order chi connectivity index (χ0) is 11.4. The average molecular weight is 213 g/mol. The summed E-state index contributed by atoms with van der Waals surface area (Å²) < 4.78 is 0. The SMILES string of the molecule is CCC(C(N)=NO)N(CC1CC1)C(C)C. The molecule has 1 unspecified atom stereocenters. The second-order valence-electron chi connectivity index (χ2n) is 4.68. The number of hydrogen-bond donors (Lipinski definition) is 2. The van der Waals surface area contributed by atoms with Crippen LogP contribution in [0.3, 0.4) is 0 Å². The molecule has 0 aromatic carbocycles. The molecule has 3 N–H and O–H groups in total. The number of nitrogens with two attached hydrogens (primary N) is 1. The molecule has 15 heavy (non-hydrogen) atoms. The molecular formula is C11H23N3O. The molecule has 0 heterocycles. The standard InChI is InChI=1S/C11H23N3O/c1-4-10(11(12)13-15)14(8(2)3)7-9-5-6-9/h8-10,15H,4-7H2,1-3H3,(H2,12,13). The lowest BCUT2D eigenvalue weighted by molar-refractivity contribution is 0.176. The second kappa shape index (κ2) is 5.35. The Kier molecular flexibility index (Phi) is 4.39. The topological polar surface area (TPSA) is 61.9 Å². The van der Waals surface area contributed by atoms with E-state index in [0.29, 0.717) is 11.9 Å². The molecule has 0 aromatic rings. The Morgan fingerprint density at radius 2 is 2.13 bits per heavy atom. The highest BCUT2D eigenvalue weighted by molar-refractivity contribution is 5.85. The molecule has 0 bridgehead atoms. The van der Waals surface area contributed by atoms with Crippen molar-refractivity contribution in [2.24, 2.45) is 16.8 Å². The summed E-state index contributed by atoms with van der Waals surface area (Å²) in [4.78, 5) is 2.34. The molecule has 4 heteroatoms. The first-order valence-electron chi connectivity index (χ1n) is 5.83. The first kappa shape index (κ1) is 12.3. The summed E-state index contributed by atoms with van der Waals surface area (Å²) in [5, 5.41) is 11.9. The van der Waals surface area contributed by atoms with Gasteiger partial charge in [0.15, 0.2) is 5.84 Å². The molecule has 1 aliphatic rings. The van der Waals surface area contributed by atoms with Crippen molar-refractivity contribution in [3.63, 3.8) is 0 Å². The predicted molar refractivity (Wildman–Crippen MR) is 62.1 cm³/mol. The zero-order valence-corrected chi connectivity index (χ0v) is 9.98. The second-order valence-corrected chi connectivity index (χ2v) is 4.68. The van der Waals surface area contributed by atoms with Crippen LogP contribution in [0.1, 0.15) is 40.0 Å². The van der Waals surface area contributed by atoms with E-state index in [4.69, 9.17) is 10.9 Å². The third kappa shape index (κ3) is 3.38. The molecule has 1 saturated carbocycles. The molecule has 0 aromatic heterocycles. The van der Waals surface area contributed by atoms with E-state index in [-0.39, 0.29) is 6.04 Å². The number of nitrogens with zero attached hydrogens (tertiary/aromatic N) is 2. The maximum atomic E-state index is 8.75. The van der Waals surface area contributed by atoms with Gasteiger partial charge in [0.25, 0.3) is 0 Å². The summed E-state index contributed by atoms with van der Waals surface area (Å²) in [7, 11) is 0. The van der Waals surface area contributed by atoms with Gasteiger partial charge in [-0.15, -0.1) is 0 Å². The summed E-state index contributed by atoms with van der Waals surface area (Å²) in [5.74, 6) is 1.17. The molecule has 0 spiro atoms. The van der Waals surface area contributed by atoms with E-state index in [9.17, 15) is 0 Å². The van der Waals surface area contributed by atoms with Gasteiger partial charge in [0, 0.05) is 12.6 Å². The predicted octanol–water partition coefficient (Wildman–Crippen LogP) is 1.63. The maximum absolute atomic E-state index is 8.75.